The summed E-state index contributed by atoms with van der Waals surface area (Å²) in [4.78, 5) is 15.8. The van der Waals surface area contributed by atoms with Crippen molar-refractivity contribution in [3.63, 3.8) is 0 Å². The Morgan fingerprint density at radius 2 is 1.59 bits per heavy atom. The molecule has 6 nitrogen and oxygen atoms in total. The van der Waals surface area contributed by atoms with Crippen LogP contribution in [0, 0.1) is 0 Å². The summed E-state index contributed by atoms with van der Waals surface area (Å²) in [6.07, 6.45) is 1.00. The van der Waals surface area contributed by atoms with Crippen LogP contribution < -0.4 is 4.90 Å². The maximum absolute atomic E-state index is 12.7. The van der Waals surface area contributed by atoms with Crippen LogP contribution in [0.25, 0.3) is 0 Å². The molecule has 1 saturated heterocycles. The fourth-order valence-electron chi connectivity index (χ4n) is 3.55. The van der Waals surface area contributed by atoms with Gasteiger partial charge in [-0.05, 0) is 29.7 Å². The Morgan fingerprint density at radius 3 is 2.17 bits per heavy atom. The summed E-state index contributed by atoms with van der Waals surface area (Å²) in [6.45, 7) is 5.24. The fourth-order valence-corrected chi connectivity index (χ4v) is 5.01. The van der Waals surface area contributed by atoms with E-state index in [1.165, 1.54) is 9.87 Å². The molecule has 1 amide bonds. The zero-order valence-electron chi connectivity index (χ0n) is 17.2. The smallest absolute Gasteiger partial charge is 0.277 e. The summed E-state index contributed by atoms with van der Waals surface area (Å²) < 4.78 is 27.0. The van der Waals surface area contributed by atoms with E-state index < -0.39 is 10.0 Å². The lowest BCUT2D eigenvalue weighted by atomic mass is 10.1. The number of hydrogen-bond donors (Lipinski definition) is 1. The lowest BCUT2D eigenvalue weighted by Gasteiger charge is -2.32. The highest BCUT2D eigenvalue weighted by molar-refractivity contribution is 7.89. The van der Waals surface area contributed by atoms with Gasteiger partial charge in [0.25, 0.3) is 5.91 Å². The zero-order valence-corrected chi connectivity index (χ0v) is 18.0. The first-order chi connectivity index (χ1) is 13.9. The lowest BCUT2D eigenvalue weighted by molar-refractivity contribution is -0.896. The van der Waals surface area contributed by atoms with Crippen LogP contribution in [0.4, 0.5) is 0 Å². The molecule has 2 aromatic rings. The number of aryl methyl sites for hydroxylation is 1. The molecule has 0 aromatic heterocycles. The third-order valence-electron chi connectivity index (χ3n) is 5.49. The van der Waals surface area contributed by atoms with Crippen molar-refractivity contribution in [2.75, 3.05) is 39.8 Å². The largest absolute Gasteiger partial charge is 0.337 e. The Kier molecular flexibility index (Phi) is 7.05. The number of amides is 1. The molecule has 1 heterocycles. The van der Waals surface area contributed by atoms with E-state index in [1.54, 1.807) is 35.2 Å². The molecule has 7 heteroatoms. The van der Waals surface area contributed by atoms with Crippen LogP contribution in [-0.2, 0) is 27.8 Å². The van der Waals surface area contributed by atoms with Crippen molar-refractivity contribution in [3.05, 3.63) is 65.7 Å². The number of nitrogens with zero attached hydrogens (tertiary/aromatic N) is 2. The highest BCUT2D eigenvalue weighted by atomic mass is 32.2. The molecule has 0 aliphatic carbocycles. The minimum atomic E-state index is -3.45. The quantitative estimate of drug-likeness (QED) is 0.726. The lowest BCUT2D eigenvalue weighted by Crippen LogP contribution is -3.15. The van der Waals surface area contributed by atoms with Crippen molar-refractivity contribution < 1.29 is 18.1 Å². The van der Waals surface area contributed by atoms with E-state index in [9.17, 15) is 13.2 Å². The van der Waals surface area contributed by atoms with E-state index in [4.69, 9.17) is 0 Å². The maximum Gasteiger partial charge on any atom is 0.277 e. The first-order valence-electron chi connectivity index (χ1n) is 10.1. The van der Waals surface area contributed by atoms with Gasteiger partial charge in [-0.2, -0.15) is 4.31 Å². The maximum atomic E-state index is 12.7. The van der Waals surface area contributed by atoms with Gasteiger partial charge in [-0.1, -0.05) is 49.4 Å². The number of rotatable bonds is 7. The molecule has 0 radical (unpaired) electrons. The predicted octanol–water partition coefficient (Wildman–Crippen LogP) is 0.797. The topological polar surface area (TPSA) is 62.1 Å². The van der Waals surface area contributed by atoms with Crippen molar-refractivity contribution >= 4 is 15.9 Å². The fraction of sp³-hybridized carbons (Fsp3) is 0.409. The molecule has 0 unspecified atom stereocenters. The van der Waals surface area contributed by atoms with Crippen LogP contribution in [-0.4, -0.2) is 63.3 Å². The van der Waals surface area contributed by atoms with Crippen LogP contribution in [0.1, 0.15) is 18.1 Å². The van der Waals surface area contributed by atoms with Crippen LogP contribution >= 0.6 is 0 Å². The monoisotopic (exact) mass is 416 g/mol. The molecule has 156 valence electrons. The van der Waals surface area contributed by atoms with Crippen molar-refractivity contribution in [1.82, 2.24) is 9.21 Å². The van der Waals surface area contributed by atoms with Gasteiger partial charge in [-0.25, -0.2) is 8.42 Å². The summed E-state index contributed by atoms with van der Waals surface area (Å²) in [6, 6.07) is 16.9. The van der Waals surface area contributed by atoms with Gasteiger partial charge in [0.15, 0.2) is 6.54 Å². The summed E-state index contributed by atoms with van der Waals surface area (Å²) in [5, 5.41) is 0. The van der Waals surface area contributed by atoms with Gasteiger partial charge in [0.05, 0.1) is 31.1 Å². The molecule has 0 bridgehead atoms. The van der Waals surface area contributed by atoms with E-state index in [2.05, 4.69) is 31.2 Å². The summed E-state index contributed by atoms with van der Waals surface area (Å²) >= 11 is 0. The number of sulfonamides is 1. The van der Waals surface area contributed by atoms with Gasteiger partial charge in [-0.15, -0.1) is 0 Å². The normalized spacial score (nSPS) is 15.9. The molecule has 0 atom stereocenters. The molecule has 3 rings (SSSR count). The van der Waals surface area contributed by atoms with E-state index in [0.717, 1.165) is 16.9 Å². The van der Waals surface area contributed by atoms with Gasteiger partial charge < -0.3 is 9.80 Å². The minimum absolute atomic E-state index is 0.0823. The standard InChI is InChI=1S/C22H29N3O3S/c1-3-19-9-11-20(12-10-19)17-23(2)22(26)18-24-13-15-25(16-14-24)29(27,28)21-7-5-4-6-8-21/h4-12H,3,13-18H2,1-2H3/p+1. The van der Waals surface area contributed by atoms with Crippen molar-refractivity contribution in [1.29, 1.82) is 0 Å². The first kappa shape index (κ1) is 21.5. The second-order valence-corrected chi connectivity index (χ2v) is 9.50. The zero-order chi connectivity index (χ0) is 20.9. The minimum Gasteiger partial charge on any atom is -0.337 e. The Morgan fingerprint density at radius 1 is 1.00 bits per heavy atom. The van der Waals surface area contributed by atoms with Crippen molar-refractivity contribution in [2.24, 2.45) is 0 Å². The number of nitrogens with one attached hydrogen (secondary N) is 1. The molecular formula is C22H30N3O3S+. The van der Waals surface area contributed by atoms with Crippen molar-refractivity contribution in [2.45, 2.75) is 24.8 Å². The third-order valence-corrected chi connectivity index (χ3v) is 7.40. The van der Waals surface area contributed by atoms with Gasteiger partial charge in [0, 0.05) is 13.6 Å². The van der Waals surface area contributed by atoms with Crippen LogP contribution in [0.3, 0.4) is 0 Å². The van der Waals surface area contributed by atoms with Crippen LogP contribution in [0.15, 0.2) is 59.5 Å². The second-order valence-electron chi connectivity index (χ2n) is 7.56. The Hall–Kier alpha value is -2.22. The highest BCUT2D eigenvalue weighted by Crippen LogP contribution is 2.14. The Balaban J connectivity index is 1.50. The number of piperazine rings is 1. The first-order valence-corrected chi connectivity index (χ1v) is 11.5. The second kappa shape index (κ2) is 9.52. The highest BCUT2D eigenvalue weighted by Gasteiger charge is 2.31. The SMILES string of the molecule is CCc1ccc(CN(C)C(=O)C[NH+]2CCN(S(=O)(=O)c3ccccc3)CC2)cc1. The van der Waals surface area contributed by atoms with E-state index >= 15 is 0 Å². The molecular weight excluding hydrogens is 386 g/mol. The number of likely N-dealkylation sites (N-methyl/N-ethyl adjacent to an activating group) is 1. The number of hydrogen-bond acceptors (Lipinski definition) is 3. The van der Waals surface area contributed by atoms with Gasteiger partial charge in [0.1, 0.15) is 0 Å². The summed E-state index contributed by atoms with van der Waals surface area (Å²) in [5.74, 6) is 0.0823. The third kappa shape index (κ3) is 5.44. The molecule has 29 heavy (non-hydrogen) atoms. The van der Waals surface area contributed by atoms with E-state index in [0.29, 0.717) is 44.2 Å². The molecule has 1 aliphatic rings. The predicted molar refractivity (Wildman–Crippen MR) is 113 cm³/mol. The Labute approximate surface area is 173 Å². The Bertz CT molecular complexity index is 906. The number of carbonyl (C=O) groups is 1. The van der Waals surface area contributed by atoms with Gasteiger partial charge >= 0.3 is 0 Å². The average molecular weight is 417 g/mol. The number of benzene rings is 2. The molecule has 0 spiro atoms. The van der Waals surface area contributed by atoms with Crippen LogP contribution in [0.2, 0.25) is 0 Å². The van der Waals surface area contributed by atoms with E-state index in [-0.39, 0.29) is 5.91 Å². The van der Waals surface area contributed by atoms with Crippen molar-refractivity contribution in [3.8, 4) is 0 Å². The summed E-state index contributed by atoms with van der Waals surface area (Å²) in [5.41, 5.74) is 2.40. The van der Waals surface area contributed by atoms with Gasteiger partial charge in [-0.3, -0.25) is 4.79 Å². The molecule has 1 N–H and O–H groups in total. The average Bonchev–Trinajstić information content (AvgIpc) is 2.75. The summed E-state index contributed by atoms with van der Waals surface area (Å²) in [7, 11) is -1.63. The van der Waals surface area contributed by atoms with Gasteiger partial charge in [0.2, 0.25) is 10.0 Å². The van der Waals surface area contributed by atoms with Crippen LogP contribution in [0.5, 0.6) is 0 Å². The molecule has 2 aromatic carbocycles. The van der Waals surface area contributed by atoms with E-state index in [1.807, 2.05) is 7.05 Å². The molecule has 0 saturated carbocycles. The number of quaternary nitrogens is 1. The number of carbonyl (C=O) groups excluding carboxylic acids is 1. The molecule has 1 aliphatic heterocycles. The molecule has 1 fully saturated rings.